The standard InChI is InChI=1S/C23H23Cl2F3N4O4S/c1-2-37(35,36)20-14(7-15(24)9-18(20)25)12-32-21(33)16-10-17(23(26,27)28)13(8-19(16)30-22(32)34)11-31-5-3-29-4-6-31/h7-10,29H,2-6,11-12H2,1H3,(H,30,34). The van der Waals surface area contributed by atoms with E-state index in [0.29, 0.717) is 30.7 Å². The lowest BCUT2D eigenvalue weighted by Crippen LogP contribution is -2.43. The second-order valence-electron chi connectivity index (χ2n) is 8.68. The largest absolute Gasteiger partial charge is 0.416 e. The average molecular weight is 579 g/mol. The van der Waals surface area contributed by atoms with Crippen molar-refractivity contribution in [3.8, 4) is 0 Å². The number of sulfone groups is 1. The van der Waals surface area contributed by atoms with E-state index in [4.69, 9.17) is 23.2 Å². The van der Waals surface area contributed by atoms with Gasteiger partial charge in [0.05, 0.1) is 38.7 Å². The zero-order valence-electron chi connectivity index (χ0n) is 19.6. The Hall–Kier alpha value is -2.38. The van der Waals surface area contributed by atoms with E-state index in [2.05, 4.69) is 10.3 Å². The van der Waals surface area contributed by atoms with Crippen LogP contribution in [0, 0.1) is 0 Å². The topological polar surface area (TPSA) is 104 Å². The Morgan fingerprint density at radius 2 is 1.68 bits per heavy atom. The zero-order chi connectivity index (χ0) is 27.1. The predicted molar refractivity (Wildman–Crippen MR) is 135 cm³/mol. The van der Waals surface area contributed by atoms with Crippen molar-refractivity contribution in [2.75, 3.05) is 31.9 Å². The van der Waals surface area contributed by atoms with E-state index in [1.165, 1.54) is 25.1 Å². The number of hydrogen-bond donors (Lipinski definition) is 2. The molecule has 37 heavy (non-hydrogen) atoms. The summed E-state index contributed by atoms with van der Waals surface area (Å²) in [6.07, 6.45) is -4.74. The molecule has 0 radical (unpaired) electrons. The Morgan fingerprint density at radius 1 is 1.00 bits per heavy atom. The van der Waals surface area contributed by atoms with E-state index in [1.807, 2.05) is 4.90 Å². The third kappa shape index (κ3) is 5.73. The van der Waals surface area contributed by atoms with E-state index in [0.717, 1.165) is 6.07 Å². The van der Waals surface area contributed by atoms with Crippen LogP contribution in [-0.4, -0.2) is 54.8 Å². The van der Waals surface area contributed by atoms with Crippen LogP contribution in [0.1, 0.15) is 23.6 Å². The molecule has 2 heterocycles. The van der Waals surface area contributed by atoms with Crippen molar-refractivity contribution in [1.82, 2.24) is 19.8 Å². The minimum absolute atomic E-state index is 0.00315. The summed E-state index contributed by atoms with van der Waals surface area (Å²) in [6, 6.07) is 4.38. The highest BCUT2D eigenvalue weighted by molar-refractivity contribution is 7.91. The molecule has 0 saturated carbocycles. The number of hydrogen-bond acceptors (Lipinski definition) is 6. The number of halogens is 5. The van der Waals surface area contributed by atoms with Crippen molar-refractivity contribution < 1.29 is 21.6 Å². The first-order chi connectivity index (χ1) is 17.3. The van der Waals surface area contributed by atoms with Gasteiger partial charge in [0.2, 0.25) is 0 Å². The second-order valence-corrected chi connectivity index (χ2v) is 11.7. The number of nitrogens with one attached hydrogen (secondary N) is 2. The molecule has 200 valence electrons. The van der Waals surface area contributed by atoms with Gasteiger partial charge in [0.15, 0.2) is 9.84 Å². The molecule has 3 aromatic rings. The Bertz CT molecular complexity index is 1580. The number of alkyl halides is 3. The quantitative estimate of drug-likeness (QED) is 0.465. The number of aromatic nitrogens is 2. The van der Waals surface area contributed by atoms with E-state index in [1.54, 1.807) is 0 Å². The molecule has 1 aromatic heterocycles. The highest BCUT2D eigenvalue weighted by atomic mass is 35.5. The van der Waals surface area contributed by atoms with Crippen LogP contribution in [0.15, 0.2) is 38.8 Å². The Kier molecular flexibility index (Phi) is 7.78. The molecule has 0 bridgehead atoms. The van der Waals surface area contributed by atoms with Gasteiger partial charge in [-0.25, -0.2) is 13.2 Å². The summed E-state index contributed by atoms with van der Waals surface area (Å²) in [6.45, 7) is 3.21. The molecule has 2 aromatic carbocycles. The number of piperazine rings is 1. The van der Waals surface area contributed by atoms with Gasteiger partial charge in [0, 0.05) is 37.7 Å². The van der Waals surface area contributed by atoms with Crippen molar-refractivity contribution in [1.29, 1.82) is 0 Å². The number of fused-ring (bicyclic) bond motifs is 1. The maximum absolute atomic E-state index is 14.0. The van der Waals surface area contributed by atoms with Crippen LogP contribution in [0.2, 0.25) is 10.0 Å². The molecule has 0 amide bonds. The molecule has 1 fully saturated rings. The number of rotatable bonds is 6. The molecule has 8 nitrogen and oxygen atoms in total. The van der Waals surface area contributed by atoms with Crippen molar-refractivity contribution in [3.05, 3.63) is 71.8 Å². The van der Waals surface area contributed by atoms with Gasteiger partial charge in [-0.2, -0.15) is 13.2 Å². The van der Waals surface area contributed by atoms with Gasteiger partial charge >= 0.3 is 11.9 Å². The lowest BCUT2D eigenvalue weighted by Gasteiger charge is -2.28. The highest BCUT2D eigenvalue weighted by Gasteiger charge is 2.35. The Morgan fingerprint density at radius 3 is 2.30 bits per heavy atom. The summed E-state index contributed by atoms with van der Waals surface area (Å²) in [5, 5.41) is 2.65. The molecule has 2 N–H and O–H groups in total. The maximum Gasteiger partial charge on any atom is 0.416 e. The smallest absolute Gasteiger partial charge is 0.314 e. The Labute approximate surface area is 219 Å². The SMILES string of the molecule is CCS(=O)(=O)c1c(Cl)cc(Cl)cc1Cn1c(=O)[nH]c2cc(CN3CCNCC3)c(C(F)(F)F)cc2c1=O. The fourth-order valence-corrected chi connectivity index (χ4v) is 6.44. The summed E-state index contributed by atoms with van der Waals surface area (Å²) in [4.78, 5) is 30.2. The summed E-state index contributed by atoms with van der Waals surface area (Å²) in [7, 11) is -3.89. The number of nitrogens with zero attached hydrogens (tertiary/aromatic N) is 2. The molecule has 1 saturated heterocycles. The fraction of sp³-hybridized carbons (Fsp3) is 0.391. The van der Waals surface area contributed by atoms with E-state index in [-0.39, 0.29) is 49.3 Å². The summed E-state index contributed by atoms with van der Waals surface area (Å²) >= 11 is 12.2. The van der Waals surface area contributed by atoms with Gasteiger partial charge in [-0.3, -0.25) is 14.3 Å². The van der Waals surface area contributed by atoms with Gasteiger partial charge < -0.3 is 10.3 Å². The number of aromatic amines is 1. The third-order valence-electron chi connectivity index (χ3n) is 6.22. The van der Waals surface area contributed by atoms with Crippen LogP contribution in [0.25, 0.3) is 10.9 Å². The summed E-state index contributed by atoms with van der Waals surface area (Å²) in [5.41, 5.74) is -3.04. The van der Waals surface area contributed by atoms with Crippen LogP contribution in [0.3, 0.4) is 0 Å². The zero-order valence-corrected chi connectivity index (χ0v) is 21.9. The van der Waals surface area contributed by atoms with E-state index >= 15 is 0 Å². The van der Waals surface area contributed by atoms with E-state index < -0.39 is 39.4 Å². The number of benzene rings is 2. The van der Waals surface area contributed by atoms with Crippen molar-refractivity contribution in [3.63, 3.8) is 0 Å². The monoisotopic (exact) mass is 578 g/mol. The van der Waals surface area contributed by atoms with Crippen LogP contribution < -0.4 is 16.6 Å². The molecule has 0 aliphatic carbocycles. The van der Waals surface area contributed by atoms with Crippen LogP contribution in [-0.2, 0) is 29.1 Å². The molecular weight excluding hydrogens is 556 g/mol. The fourth-order valence-electron chi connectivity index (χ4n) is 4.39. The molecule has 0 unspecified atom stereocenters. The Balaban J connectivity index is 1.87. The second kappa shape index (κ2) is 10.4. The van der Waals surface area contributed by atoms with Crippen molar-refractivity contribution in [2.24, 2.45) is 0 Å². The molecule has 1 aliphatic heterocycles. The molecule has 1 aliphatic rings. The van der Waals surface area contributed by atoms with Crippen LogP contribution >= 0.6 is 23.2 Å². The first-order valence-corrected chi connectivity index (χ1v) is 13.7. The van der Waals surface area contributed by atoms with Gasteiger partial charge in [-0.05, 0) is 35.4 Å². The third-order valence-corrected chi connectivity index (χ3v) is 8.71. The van der Waals surface area contributed by atoms with E-state index in [9.17, 15) is 31.2 Å². The molecule has 4 rings (SSSR count). The lowest BCUT2D eigenvalue weighted by atomic mass is 10.0. The number of H-pyrrole nitrogens is 1. The highest BCUT2D eigenvalue weighted by Crippen LogP contribution is 2.35. The van der Waals surface area contributed by atoms with Gasteiger partial charge in [-0.1, -0.05) is 30.1 Å². The first-order valence-electron chi connectivity index (χ1n) is 11.3. The van der Waals surface area contributed by atoms with Crippen LogP contribution in [0.4, 0.5) is 13.2 Å². The average Bonchev–Trinajstić information content (AvgIpc) is 2.80. The van der Waals surface area contributed by atoms with Crippen molar-refractivity contribution in [2.45, 2.75) is 31.1 Å². The lowest BCUT2D eigenvalue weighted by molar-refractivity contribution is -0.138. The molecule has 14 heteroatoms. The van der Waals surface area contributed by atoms with Gasteiger partial charge in [-0.15, -0.1) is 0 Å². The van der Waals surface area contributed by atoms with Crippen molar-refractivity contribution >= 4 is 43.9 Å². The minimum atomic E-state index is -4.74. The first kappa shape index (κ1) is 27.6. The summed E-state index contributed by atoms with van der Waals surface area (Å²) in [5.74, 6) is -0.310. The minimum Gasteiger partial charge on any atom is -0.314 e. The van der Waals surface area contributed by atoms with Gasteiger partial charge in [0.25, 0.3) is 5.56 Å². The molecule has 0 spiro atoms. The van der Waals surface area contributed by atoms with Crippen LogP contribution in [0.5, 0.6) is 0 Å². The predicted octanol–water partition coefficient (Wildman–Crippen LogP) is 3.26. The molecular formula is C23H23Cl2F3N4O4S. The normalized spacial score (nSPS) is 15.4. The molecule has 0 atom stereocenters. The summed E-state index contributed by atoms with van der Waals surface area (Å²) < 4.78 is 67.9. The maximum atomic E-state index is 14.0. The van der Waals surface area contributed by atoms with Gasteiger partial charge in [0.1, 0.15) is 0 Å².